The van der Waals surface area contributed by atoms with E-state index in [2.05, 4.69) is 10.4 Å². The lowest BCUT2D eigenvalue weighted by molar-refractivity contribution is -0.123. The highest BCUT2D eigenvalue weighted by Crippen LogP contribution is 2.21. The molecule has 7 heteroatoms. The summed E-state index contributed by atoms with van der Waals surface area (Å²) >= 11 is 0. The van der Waals surface area contributed by atoms with Crippen molar-refractivity contribution in [2.75, 3.05) is 0 Å². The molecule has 0 aliphatic heterocycles. The van der Waals surface area contributed by atoms with Crippen LogP contribution >= 0.6 is 0 Å². The Morgan fingerprint density at radius 1 is 1.15 bits per heavy atom. The maximum atomic E-state index is 13.0. The molecule has 0 bridgehead atoms. The zero-order valence-electron chi connectivity index (χ0n) is 15.1. The molecule has 3 rings (SSSR count). The fraction of sp³-hybridized carbons (Fsp3) is 0.250. The summed E-state index contributed by atoms with van der Waals surface area (Å²) in [7, 11) is 0. The van der Waals surface area contributed by atoms with E-state index in [1.54, 1.807) is 0 Å². The first kappa shape index (κ1) is 18.6. The smallest absolute Gasteiger partial charge is 0.388 e. The van der Waals surface area contributed by atoms with E-state index in [0.29, 0.717) is 5.56 Å². The predicted molar refractivity (Wildman–Crippen MR) is 98.3 cm³/mol. The van der Waals surface area contributed by atoms with Crippen molar-refractivity contribution in [1.29, 1.82) is 0 Å². The van der Waals surface area contributed by atoms with Crippen LogP contribution in [0.15, 0.2) is 63.8 Å². The van der Waals surface area contributed by atoms with Crippen LogP contribution in [-0.4, -0.2) is 15.7 Å². The second-order valence-electron chi connectivity index (χ2n) is 6.54. The number of nitrogens with zero attached hydrogens (tertiary/aromatic N) is 2. The minimum Gasteiger partial charge on any atom is -0.388 e. The number of amides is 1. The molecule has 0 saturated heterocycles. The van der Waals surface area contributed by atoms with Crippen LogP contribution in [-0.2, 0) is 11.3 Å². The molecule has 0 saturated carbocycles. The van der Waals surface area contributed by atoms with Gasteiger partial charge >= 0.3 is 5.76 Å². The molecule has 0 aliphatic rings. The molecule has 6 nitrogen and oxygen atoms in total. The molecule has 1 heterocycles. The standard InChI is InChI=1S/C20H20FN3O3/c1-13(2)18(14-6-4-3-5-7-14)22-17(25)12-24-20(26)27-19(23-24)15-8-10-16(21)11-9-15/h3-11,13,18H,12H2,1-2H3,(H,22,25). The van der Waals surface area contributed by atoms with Gasteiger partial charge < -0.3 is 9.73 Å². The van der Waals surface area contributed by atoms with Gasteiger partial charge in [0.2, 0.25) is 11.8 Å². The molecule has 0 aliphatic carbocycles. The van der Waals surface area contributed by atoms with Gasteiger partial charge in [-0.15, -0.1) is 5.10 Å². The molecule has 27 heavy (non-hydrogen) atoms. The lowest BCUT2D eigenvalue weighted by Crippen LogP contribution is -2.36. The quantitative estimate of drug-likeness (QED) is 0.724. The molecule has 1 atom stereocenters. The van der Waals surface area contributed by atoms with E-state index in [0.717, 1.165) is 10.2 Å². The first-order valence-corrected chi connectivity index (χ1v) is 8.62. The van der Waals surface area contributed by atoms with Crippen molar-refractivity contribution in [3.63, 3.8) is 0 Å². The first-order chi connectivity index (χ1) is 12.9. The Morgan fingerprint density at radius 2 is 1.81 bits per heavy atom. The average Bonchev–Trinajstić information content (AvgIpc) is 3.01. The third-order valence-corrected chi connectivity index (χ3v) is 4.13. The molecule has 0 fully saturated rings. The van der Waals surface area contributed by atoms with Gasteiger partial charge in [0.25, 0.3) is 0 Å². The van der Waals surface area contributed by atoms with E-state index >= 15 is 0 Å². The van der Waals surface area contributed by atoms with Crippen LogP contribution in [0.25, 0.3) is 11.5 Å². The molecular weight excluding hydrogens is 349 g/mol. The van der Waals surface area contributed by atoms with Crippen LogP contribution in [0.2, 0.25) is 0 Å². The van der Waals surface area contributed by atoms with Gasteiger partial charge in [-0.3, -0.25) is 4.79 Å². The van der Waals surface area contributed by atoms with Crippen molar-refractivity contribution in [1.82, 2.24) is 15.1 Å². The summed E-state index contributed by atoms with van der Waals surface area (Å²) in [4.78, 5) is 24.4. The fourth-order valence-electron chi connectivity index (χ4n) is 2.77. The number of carbonyl (C=O) groups excluding carboxylic acids is 1. The molecular formula is C20H20FN3O3. The normalized spacial score (nSPS) is 12.1. The van der Waals surface area contributed by atoms with Gasteiger partial charge in [-0.1, -0.05) is 44.2 Å². The second kappa shape index (κ2) is 7.99. The maximum absolute atomic E-state index is 13.0. The first-order valence-electron chi connectivity index (χ1n) is 8.62. The van der Waals surface area contributed by atoms with Crippen LogP contribution in [0.3, 0.4) is 0 Å². The largest absolute Gasteiger partial charge is 0.437 e. The summed E-state index contributed by atoms with van der Waals surface area (Å²) in [5.74, 6) is -1.29. The lowest BCUT2D eigenvalue weighted by atomic mass is 9.96. The molecule has 0 radical (unpaired) electrons. The number of carbonyl (C=O) groups is 1. The number of aromatic nitrogens is 2. The Bertz CT molecular complexity index is 962. The Labute approximate surface area is 155 Å². The number of hydrogen-bond donors (Lipinski definition) is 1. The predicted octanol–water partition coefficient (Wildman–Crippen LogP) is 3.16. The van der Waals surface area contributed by atoms with Crippen molar-refractivity contribution < 1.29 is 13.6 Å². The topological polar surface area (TPSA) is 77.1 Å². The van der Waals surface area contributed by atoms with Crippen molar-refractivity contribution in [2.24, 2.45) is 5.92 Å². The van der Waals surface area contributed by atoms with Gasteiger partial charge in [0, 0.05) is 5.56 Å². The van der Waals surface area contributed by atoms with E-state index in [9.17, 15) is 14.0 Å². The van der Waals surface area contributed by atoms with E-state index in [-0.39, 0.29) is 30.3 Å². The summed E-state index contributed by atoms with van der Waals surface area (Å²) < 4.78 is 19.0. The summed E-state index contributed by atoms with van der Waals surface area (Å²) in [5, 5.41) is 6.96. The van der Waals surface area contributed by atoms with Crippen LogP contribution < -0.4 is 11.1 Å². The summed E-state index contributed by atoms with van der Waals surface area (Å²) in [5.41, 5.74) is 1.44. The zero-order valence-corrected chi connectivity index (χ0v) is 15.1. The van der Waals surface area contributed by atoms with Crippen LogP contribution in [0.4, 0.5) is 4.39 Å². The Morgan fingerprint density at radius 3 is 2.44 bits per heavy atom. The highest BCUT2D eigenvalue weighted by atomic mass is 19.1. The van der Waals surface area contributed by atoms with Crippen molar-refractivity contribution in [3.05, 3.63) is 76.5 Å². The number of halogens is 1. The van der Waals surface area contributed by atoms with Gasteiger partial charge in [-0.05, 0) is 35.7 Å². The van der Waals surface area contributed by atoms with Gasteiger partial charge in [-0.2, -0.15) is 4.68 Å². The van der Waals surface area contributed by atoms with Crippen LogP contribution in [0.5, 0.6) is 0 Å². The number of benzene rings is 2. The van der Waals surface area contributed by atoms with Gasteiger partial charge in [0.05, 0.1) is 6.04 Å². The third-order valence-electron chi connectivity index (χ3n) is 4.13. The molecule has 2 aromatic carbocycles. The lowest BCUT2D eigenvalue weighted by Gasteiger charge is -2.22. The van der Waals surface area contributed by atoms with Crippen LogP contribution in [0, 0.1) is 11.7 Å². The third kappa shape index (κ3) is 4.49. The summed E-state index contributed by atoms with van der Waals surface area (Å²) in [6.07, 6.45) is 0. The summed E-state index contributed by atoms with van der Waals surface area (Å²) in [6.45, 7) is 3.75. The highest BCUT2D eigenvalue weighted by Gasteiger charge is 2.20. The molecule has 1 aromatic heterocycles. The van der Waals surface area contributed by atoms with E-state index in [1.807, 2.05) is 44.2 Å². The van der Waals surface area contributed by atoms with Crippen molar-refractivity contribution in [3.8, 4) is 11.5 Å². The van der Waals surface area contributed by atoms with Crippen LogP contribution in [0.1, 0.15) is 25.5 Å². The van der Waals surface area contributed by atoms with Crippen molar-refractivity contribution in [2.45, 2.75) is 26.4 Å². The minimum atomic E-state index is -0.745. The Balaban J connectivity index is 1.74. The molecule has 1 amide bonds. The van der Waals surface area contributed by atoms with E-state index in [1.165, 1.54) is 24.3 Å². The number of rotatable bonds is 6. The van der Waals surface area contributed by atoms with Crippen molar-refractivity contribution >= 4 is 5.91 Å². The Kier molecular flexibility index (Phi) is 5.49. The number of hydrogen-bond acceptors (Lipinski definition) is 4. The average molecular weight is 369 g/mol. The summed E-state index contributed by atoms with van der Waals surface area (Å²) in [6, 6.07) is 14.8. The monoisotopic (exact) mass is 369 g/mol. The fourth-order valence-corrected chi connectivity index (χ4v) is 2.77. The zero-order chi connectivity index (χ0) is 19.4. The van der Waals surface area contributed by atoms with Gasteiger partial charge in [0.1, 0.15) is 12.4 Å². The second-order valence-corrected chi connectivity index (χ2v) is 6.54. The molecule has 3 aromatic rings. The van der Waals surface area contributed by atoms with Gasteiger partial charge in [0.15, 0.2) is 0 Å². The SMILES string of the molecule is CC(C)C(NC(=O)Cn1nc(-c2ccc(F)cc2)oc1=O)c1ccccc1. The number of nitrogens with one attached hydrogen (secondary N) is 1. The molecule has 1 N–H and O–H groups in total. The minimum absolute atomic E-state index is 0.0382. The maximum Gasteiger partial charge on any atom is 0.437 e. The van der Waals surface area contributed by atoms with E-state index in [4.69, 9.17) is 4.42 Å². The van der Waals surface area contributed by atoms with Gasteiger partial charge in [-0.25, -0.2) is 9.18 Å². The molecule has 0 spiro atoms. The molecule has 140 valence electrons. The van der Waals surface area contributed by atoms with E-state index < -0.39 is 11.6 Å². The highest BCUT2D eigenvalue weighted by molar-refractivity contribution is 5.76. The Hall–Kier alpha value is -3.22. The molecule has 1 unspecified atom stereocenters.